The highest BCUT2D eigenvalue weighted by Gasteiger charge is 2.33. The molecule has 0 fully saturated rings. The molecule has 108 valence electrons. The van der Waals surface area contributed by atoms with Crippen molar-refractivity contribution in [3.8, 4) is 5.75 Å². The Bertz CT molecular complexity index is 396. The number of halogens is 3. The Morgan fingerprint density at radius 2 is 1.84 bits per heavy atom. The summed E-state index contributed by atoms with van der Waals surface area (Å²) in [6.45, 7) is 4.13. The van der Waals surface area contributed by atoms with Crippen molar-refractivity contribution in [1.82, 2.24) is 0 Å². The third-order valence-electron chi connectivity index (χ3n) is 2.69. The lowest BCUT2D eigenvalue weighted by Crippen LogP contribution is -2.29. The lowest BCUT2D eigenvalue weighted by atomic mass is 9.99. The second kappa shape index (κ2) is 6.77. The van der Waals surface area contributed by atoms with Gasteiger partial charge < -0.3 is 15.2 Å². The predicted molar refractivity (Wildman–Crippen MR) is 65.8 cm³/mol. The Balaban J connectivity index is 2.98. The van der Waals surface area contributed by atoms with Crippen molar-refractivity contribution in [2.24, 2.45) is 5.73 Å². The lowest BCUT2D eigenvalue weighted by molar-refractivity contribution is -0.275. The topological polar surface area (TPSA) is 44.5 Å². The molecule has 0 saturated heterocycles. The van der Waals surface area contributed by atoms with Crippen LogP contribution in [0.25, 0.3) is 0 Å². The summed E-state index contributed by atoms with van der Waals surface area (Å²) in [6, 6.07) is 5.20. The van der Waals surface area contributed by atoms with E-state index in [0.29, 0.717) is 18.6 Å². The molecule has 0 heterocycles. The van der Waals surface area contributed by atoms with Crippen LogP contribution in [0.4, 0.5) is 13.2 Å². The molecule has 3 nitrogen and oxygen atoms in total. The first-order valence-electron chi connectivity index (χ1n) is 6.10. The SMILES string of the molecule is CCOC(CC)C(N)c1ccccc1OC(F)(F)F. The molecule has 1 aromatic carbocycles. The molecule has 1 rings (SSSR count). The molecule has 0 bridgehead atoms. The molecule has 0 aliphatic carbocycles. The first kappa shape index (κ1) is 15.8. The summed E-state index contributed by atoms with van der Waals surface area (Å²) in [5.74, 6) is -0.277. The minimum atomic E-state index is -4.73. The van der Waals surface area contributed by atoms with E-state index in [4.69, 9.17) is 10.5 Å². The number of ether oxygens (including phenoxy) is 2. The summed E-state index contributed by atoms with van der Waals surface area (Å²) in [5, 5.41) is 0. The van der Waals surface area contributed by atoms with Crippen molar-refractivity contribution >= 4 is 0 Å². The van der Waals surface area contributed by atoms with Crippen LogP contribution in [-0.4, -0.2) is 19.1 Å². The zero-order valence-corrected chi connectivity index (χ0v) is 10.9. The van der Waals surface area contributed by atoms with E-state index < -0.39 is 12.4 Å². The molecule has 19 heavy (non-hydrogen) atoms. The van der Waals surface area contributed by atoms with Gasteiger partial charge in [-0.3, -0.25) is 0 Å². The molecule has 6 heteroatoms. The van der Waals surface area contributed by atoms with Gasteiger partial charge in [-0.2, -0.15) is 0 Å². The van der Waals surface area contributed by atoms with Crippen molar-refractivity contribution in [3.63, 3.8) is 0 Å². The van der Waals surface area contributed by atoms with Gasteiger partial charge in [-0.15, -0.1) is 13.2 Å². The van der Waals surface area contributed by atoms with Gasteiger partial charge in [0.05, 0.1) is 12.1 Å². The summed E-state index contributed by atoms with van der Waals surface area (Å²) >= 11 is 0. The van der Waals surface area contributed by atoms with Crippen LogP contribution in [0, 0.1) is 0 Å². The Morgan fingerprint density at radius 1 is 1.21 bits per heavy atom. The van der Waals surface area contributed by atoms with Crippen LogP contribution in [0.1, 0.15) is 31.9 Å². The maximum absolute atomic E-state index is 12.3. The van der Waals surface area contributed by atoms with E-state index >= 15 is 0 Å². The van der Waals surface area contributed by atoms with Gasteiger partial charge in [0.25, 0.3) is 0 Å². The molecule has 1 aromatic rings. The van der Waals surface area contributed by atoms with Crippen molar-refractivity contribution < 1.29 is 22.6 Å². The number of hydrogen-bond donors (Lipinski definition) is 1. The molecule has 0 amide bonds. The van der Waals surface area contributed by atoms with Crippen LogP contribution < -0.4 is 10.5 Å². The Labute approximate surface area is 110 Å². The monoisotopic (exact) mass is 277 g/mol. The van der Waals surface area contributed by atoms with E-state index in [0.717, 1.165) is 0 Å². The Kier molecular flexibility index (Phi) is 5.62. The molecular formula is C13H18F3NO2. The van der Waals surface area contributed by atoms with Crippen molar-refractivity contribution in [3.05, 3.63) is 29.8 Å². The quantitative estimate of drug-likeness (QED) is 0.866. The van der Waals surface area contributed by atoms with E-state index in [2.05, 4.69) is 4.74 Å². The lowest BCUT2D eigenvalue weighted by Gasteiger charge is -2.25. The first-order chi connectivity index (χ1) is 8.89. The number of hydrogen-bond acceptors (Lipinski definition) is 3. The van der Waals surface area contributed by atoms with Crippen molar-refractivity contribution in [1.29, 1.82) is 0 Å². The summed E-state index contributed by atoms with van der Waals surface area (Å²) in [6.07, 6.45) is -4.47. The maximum Gasteiger partial charge on any atom is 0.573 e. The summed E-state index contributed by atoms with van der Waals surface area (Å²) < 4.78 is 46.4. The fraction of sp³-hybridized carbons (Fsp3) is 0.538. The smallest absolute Gasteiger partial charge is 0.405 e. The zero-order valence-electron chi connectivity index (χ0n) is 10.9. The van der Waals surface area contributed by atoms with Gasteiger partial charge in [0.2, 0.25) is 0 Å². The van der Waals surface area contributed by atoms with E-state index in [9.17, 15) is 13.2 Å². The molecule has 2 atom stereocenters. The van der Waals surface area contributed by atoms with E-state index in [1.54, 1.807) is 6.07 Å². The van der Waals surface area contributed by atoms with Gasteiger partial charge >= 0.3 is 6.36 Å². The summed E-state index contributed by atoms with van der Waals surface area (Å²) in [4.78, 5) is 0. The molecule has 2 unspecified atom stereocenters. The van der Waals surface area contributed by atoms with Gasteiger partial charge in [-0.25, -0.2) is 0 Å². The number of rotatable bonds is 6. The highest BCUT2D eigenvalue weighted by Crippen LogP contribution is 2.31. The average Bonchev–Trinajstić information content (AvgIpc) is 2.34. The summed E-state index contributed by atoms with van der Waals surface area (Å²) in [7, 11) is 0. The first-order valence-corrected chi connectivity index (χ1v) is 6.10. The van der Waals surface area contributed by atoms with E-state index in [-0.39, 0.29) is 11.9 Å². The number of alkyl halides is 3. The van der Waals surface area contributed by atoms with Gasteiger partial charge in [-0.1, -0.05) is 25.1 Å². The number of para-hydroxylation sites is 1. The Morgan fingerprint density at radius 3 is 2.37 bits per heavy atom. The highest BCUT2D eigenvalue weighted by molar-refractivity contribution is 5.36. The van der Waals surface area contributed by atoms with Gasteiger partial charge in [0, 0.05) is 12.2 Å². The fourth-order valence-corrected chi connectivity index (χ4v) is 1.86. The second-order valence-corrected chi connectivity index (χ2v) is 4.01. The third kappa shape index (κ3) is 4.72. The summed E-state index contributed by atoms with van der Waals surface area (Å²) in [5.41, 5.74) is 6.27. The standard InChI is InChI=1S/C13H18F3NO2/c1-3-10(18-4-2)12(17)9-7-5-6-8-11(9)19-13(14,15)16/h5-8,10,12H,3-4,17H2,1-2H3. The normalized spacial score (nSPS) is 15.1. The minimum absolute atomic E-state index is 0.277. The average molecular weight is 277 g/mol. The molecular weight excluding hydrogens is 259 g/mol. The molecule has 0 aliphatic rings. The van der Waals surface area contributed by atoms with Crippen molar-refractivity contribution in [2.75, 3.05) is 6.61 Å². The van der Waals surface area contributed by atoms with Crippen LogP contribution in [0.15, 0.2) is 24.3 Å². The van der Waals surface area contributed by atoms with Crippen LogP contribution in [0.5, 0.6) is 5.75 Å². The third-order valence-corrected chi connectivity index (χ3v) is 2.69. The molecule has 0 radical (unpaired) electrons. The van der Waals surface area contributed by atoms with Crippen LogP contribution >= 0.6 is 0 Å². The number of benzene rings is 1. The minimum Gasteiger partial charge on any atom is -0.405 e. The highest BCUT2D eigenvalue weighted by atomic mass is 19.4. The van der Waals surface area contributed by atoms with E-state index in [1.165, 1.54) is 18.2 Å². The van der Waals surface area contributed by atoms with Crippen LogP contribution in [0.3, 0.4) is 0 Å². The second-order valence-electron chi connectivity index (χ2n) is 4.01. The molecule has 0 aliphatic heterocycles. The van der Waals surface area contributed by atoms with Crippen molar-refractivity contribution in [2.45, 2.75) is 38.8 Å². The van der Waals surface area contributed by atoms with Gasteiger partial charge in [-0.05, 0) is 19.4 Å². The van der Waals surface area contributed by atoms with E-state index in [1.807, 2.05) is 13.8 Å². The predicted octanol–water partition coefficient (Wildman–Crippen LogP) is 3.40. The Hall–Kier alpha value is -1.27. The van der Waals surface area contributed by atoms with Gasteiger partial charge in [0.15, 0.2) is 0 Å². The molecule has 0 saturated carbocycles. The molecule has 0 spiro atoms. The molecule has 0 aromatic heterocycles. The number of nitrogens with two attached hydrogens (primary N) is 1. The van der Waals surface area contributed by atoms with Gasteiger partial charge in [0.1, 0.15) is 5.75 Å². The molecule has 2 N–H and O–H groups in total. The van der Waals surface area contributed by atoms with Crippen LogP contribution in [0.2, 0.25) is 0 Å². The fourth-order valence-electron chi connectivity index (χ4n) is 1.86. The largest absolute Gasteiger partial charge is 0.573 e. The zero-order chi connectivity index (χ0) is 14.5. The maximum atomic E-state index is 12.3. The van der Waals surface area contributed by atoms with Crippen LogP contribution in [-0.2, 0) is 4.74 Å².